The predicted octanol–water partition coefficient (Wildman–Crippen LogP) is 2.40. The van der Waals surface area contributed by atoms with Gasteiger partial charge in [0.15, 0.2) is 0 Å². The van der Waals surface area contributed by atoms with Crippen molar-refractivity contribution in [3.8, 4) is 0 Å². The van der Waals surface area contributed by atoms with Crippen molar-refractivity contribution in [1.29, 1.82) is 0 Å². The van der Waals surface area contributed by atoms with Crippen LogP contribution in [0, 0.1) is 5.82 Å². The number of amides is 2. The predicted molar refractivity (Wildman–Crippen MR) is 81.0 cm³/mol. The van der Waals surface area contributed by atoms with Crippen LogP contribution in [0.2, 0.25) is 0 Å². The molecule has 1 unspecified atom stereocenters. The van der Waals surface area contributed by atoms with Crippen molar-refractivity contribution in [2.24, 2.45) is 0 Å². The topological polar surface area (TPSA) is 49.4 Å². The van der Waals surface area contributed by atoms with Crippen LogP contribution in [0.5, 0.6) is 0 Å². The fourth-order valence-corrected chi connectivity index (χ4v) is 3.22. The minimum Gasteiger partial charge on any atom is -0.324 e. The molecule has 0 bridgehead atoms. The normalized spacial score (nSPS) is 18.5. The van der Waals surface area contributed by atoms with Crippen LogP contribution >= 0.6 is 24.0 Å². The number of para-hydroxylation sites is 1. The lowest BCUT2D eigenvalue weighted by Crippen LogP contribution is -2.33. The zero-order valence-corrected chi connectivity index (χ0v) is 12.4. The molecule has 4 nitrogen and oxygen atoms in total. The molecule has 1 fully saturated rings. The zero-order chi connectivity index (χ0) is 14.7. The summed E-state index contributed by atoms with van der Waals surface area (Å²) in [5, 5.41) is 2.28. The fourth-order valence-electron chi connectivity index (χ4n) is 1.76. The summed E-state index contributed by atoms with van der Waals surface area (Å²) < 4.78 is 13.9. The third-order valence-electron chi connectivity index (χ3n) is 2.82. The first-order valence-electron chi connectivity index (χ1n) is 6.05. The van der Waals surface area contributed by atoms with Gasteiger partial charge in [0.05, 0.1) is 10.9 Å². The van der Waals surface area contributed by atoms with Crippen molar-refractivity contribution in [3.63, 3.8) is 0 Å². The van der Waals surface area contributed by atoms with Gasteiger partial charge in [-0.15, -0.1) is 0 Å². The molecule has 1 N–H and O–H groups in total. The SMILES string of the molecule is CC1SC(=S)N(CCC(=O)Nc2ccccc2F)C1=O. The molecule has 2 rings (SSSR count). The molecule has 20 heavy (non-hydrogen) atoms. The van der Waals surface area contributed by atoms with Gasteiger partial charge in [-0.3, -0.25) is 14.5 Å². The van der Waals surface area contributed by atoms with Gasteiger partial charge in [-0.05, 0) is 19.1 Å². The number of nitrogens with zero attached hydrogens (tertiary/aromatic N) is 1. The Labute approximate surface area is 125 Å². The highest BCUT2D eigenvalue weighted by molar-refractivity contribution is 8.24. The molecule has 0 spiro atoms. The number of thiocarbonyl (C=S) groups is 1. The number of carbonyl (C=O) groups is 2. The average molecular weight is 312 g/mol. The molecule has 2 amide bonds. The maximum absolute atomic E-state index is 13.4. The molecular formula is C13H13FN2O2S2. The molecule has 0 aliphatic carbocycles. The molecule has 7 heteroatoms. The largest absolute Gasteiger partial charge is 0.324 e. The highest BCUT2D eigenvalue weighted by Gasteiger charge is 2.33. The number of rotatable bonds is 4. The Morgan fingerprint density at radius 3 is 2.80 bits per heavy atom. The summed E-state index contributed by atoms with van der Waals surface area (Å²) >= 11 is 6.38. The van der Waals surface area contributed by atoms with Crippen LogP contribution in [0.25, 0.3) is 0 Å². The standard InChI is InChI=1S/C13H13FN2O2S2/c1-8-12(18)16(13(19)20-8)7-6-11(17)15-10-5-3-2-4-9(10)14/h2-5,8H,6-7H2,1H3,(H,15,17). The molecule has 106 valence electrons. The Balaban J connectivity index is 1.89. The van der Waals surface area contributed by atoms with Crippen molar-refractivity contribution in [2.45, 2.75) is 18.6 Å². The summed E-state index contributed by atoms with van der Waals surface area (Å²) in [6, 6.07) is 5.94. The number of hydrogen-bond donors (Lipinski definition) is 1. The van der Waals surface area contributed by atoms with Gasteiger partial charge in [0.1, 0.15) is 10.1 Å². The van der Waals surface area contributed by atoms with Gasteiger partial charge in [-0.1, -0.05) is 36.1 Å². The van der Waals surface area contributed by atoms with E-state index in [1.807, 2.05) is 0 Å². The molecule has 0 saturated carbocycles. The first kappa shape index (κ1) is 14.9. The van der Waals surface area contributed by atoms with Crippen LogP contribution in [-0.4, -0.2) is 32.8 Å². The van der Waals surface area contributed by atoms with Crippen molar-refractivity contribution in [3.05, 3.63) is 30.1 Å². The van der Waals surface area contributed by atoms with E-state index >= 15 is 0 Å². The van der Waals surface area contributed by atoms with E-state index in [4.69, 9.17) is 12.2 Å². The Kier molecular flexibility index (Phi) is 4.72. The van der Waals surface area contributed by atoms with Crippen molar-refractivity contribution in [1.82, 2.24) is 4.90 Å². The molecule has 1 saturated heterocycles. The summed E-state index contributed by atoms with van der Waals surface area (Å²) in [7, 11) is 0. The molecule has 1 aliphatic heterocycles. The highest BCUT2D eigenvalue weighted by Crippen LogP contribution is 2.26. The number of benzene rings is 1. The highest BCUT2D eigenvalue weighted by atomic mass is 32.2. The van der Waals surface area contributed by atoms with E-state index in [0.717, 1.165) is 0 Å². The zero-order valence-electron chi connectivity index (χ0n) is 10.8. The Morgan fingerprint density at radius 2 is 2.20 bits per heavy atom. The number of hydrogen-bond acceptors (Lipinski definition) is 4. The van der Waals surface area contributed by atoms with Gasteiger partial charge in [-0.25, -0.2) is 4.39 Å². The van der Waals surface area contributed by atoms with Crippen LogP contribution in [0.15, 0.2) is 24.3 Å². The maximum atomic E-state index is 13.4. The van der Waals surface area contributed by atoms with Gasteiger partial charge >= 0.3 is 0 Å². The lowest BCUT2D eigenvalue weighted by molar-refractivity contribution is -0.126. The number of anilines is 1. The average Bonchev–Trinajstić information content (AvgIpc) is 2.64. The van der Waals surface area contributed by atoms with E-state index in [0.29, 0.717) is 4.32 Å². The van der Waals surface area contributed by atoms with E-state index < -0.39 is 5.82 Å². The molecule has 1 aromatic rings. The molecule has 1 heterocycles. The summed E-state index contributed by atoms with van der Waals surface area (Å²) in [6.45, 7) is 1.99. The van der Waals surface area contributed by atoms with Crippen LogP contribution in [-0.2, 0) is 9.59 Å². The van der Waals surface area contributed by atoms with E-state index in [1.165, 1.54) is 28.8 Å². The molecule has 0 aromatic heterocycles. The quantitative estimate of drug-likeness (QED) is 0.868. The monoisotopic (exact) mass is 312 g/mol. The Morgan fingerprint density at radius 1 is 1.50 bits per heavy atom. The number of thioether (sulfide) groups is 1. The third-order valence-corrected chi connectivity index (χ3v) is 4.31. The molecular weight excluding hydrogens is 299 g/mol. The first-order valence-corrected chi connectivity index (χ1v) is 7.34. The van der Waals surface area contributed by atoms with Crippen molar-refractivity contribution < 1.29 is 14.0 Å². The summed E-state index contributed by atoms with van der Waals surface area (Å²) in [6.07, 6.45) is 0.0769. The van der Waals surface area contributed by atoms with E-state index in [2.05, 4.69) is 5.32 Å². The molecule has 1 aromatic carbocycles. The van der Waals surface area contributed by atoms with Crippen LogP contribution < -0.4 is 5.32 Å². The van der Waals surface area contributed by atoms with Crippen LogP contribution in [0.1, 0.15) is 13.3 Å². The maximum Gasteiger partial charge on any atom is 0.241 e. The molecule has 1 aliphatic rings. The lowest BCUT2D eigenvalue weighted by atomic mass is 10.3. The molecule has 0 radical (unpaired) electrons. The minimum atomic E-state index is -0.488. The van der Waals surface area contributed by atoms with Gasteiger partial charge in [0.25, 0.3) is 0 Å². The van der Waals surface area contributed by atoms with Gasteiger partial charge in [0, 0.05) is 13.0 Å². The summed E-state index contributed by atoms with van der Waals surface area (Å²) in [5.74, 6) is -0.924. The second kappa shape index (κ2) is 6.32. The smallest absolute Gasteiger partial charge is 0.241 e. The van der Waals surface area contributed by atoms with Crippen LogP contribution in [0.3, 0.4) is 0 Å². The Bertz CT molecular complexity index is 565. The van der Waals surface area contributed by atoms with Gasteiger partial charge in [-0.2, -0.15) is 0 Å². The number of nitrogens with one attached hydrogen (secondary N) is 1. The van der Waals surface area contributed by atoms with E-state index in [-0.39, 0.29) is 35.7 Å². The summed E-state index contributed by atoms with van der Waals surface area (Å²) in [4.78, 5) is 24.9. The van der Waals surface area contributed by atoms with Gasteiger partial charge in [0.2, 0.25) is 11.8 Å². The van der Waals surface area contributed by atoms with Crippen molar-refractivity contribution in [2.75, 3.05) is 11.9 Å². The fraction of sp³-hybridized carbons (Fsp3) is 0.308. The summed E-state index contributed by atoms with van der Waals surface area (Å²) in [5.41, 5.74) is 0.135. The second-order valence-corrected chi connectivity index (χ2v) is 6.27. The van der Waals surface area contributed by atoms with E-state index in [9.17, 15) is 14.0 Å². The second-order valence-electron chi connectivity index (χ2n) is 4.29. The van der Waals surface area contributed by atoms with Crippen LogP contribution in [0.4, 0.5) is 10.1 Å². The third kappa shape index (κ3) is 3.34. The first-order chi connectivity index (χ1) is 9.49. The Hall–Kier alpha value is -1.47. The number of carbonyl (C=O) groups excluding carboxylic acids is 2. The van der Waals surface area contributed by atoms with Gasteiger partial charge < -0.3 is 5.32 Å². The molecule has 1 atom stereocenters. The lowest BCUT2D eigenvalue weighted by Gasteiger charge is -2.14. The van der Waals surface area contributed by atoms with Crippen molar-refractivity contribution >= 4 is 45.8 Å². The number of halogens is 1. The minimum absolute atomic E-state index is 0.0769. The van der Waals surface area contributed by atoms with E-state index in [1.54, 1.807) is 19.1 Å².